The number of rotatable bonds is 3. The fourth-order valence-electron chi connectivity index (χ4n) is 0.947. The third-order valence-corrected chi connectivity index (χ3v) is 1.67. The summed E-state index contributed by atoms with van der Waals surface area (Å²) in [5, 5.41) is 17.7. The zero-order valence-corrected chi connectivity index (χ0v) is 6.14. The fraction of sp³-hybridized carbons (Fsp3) is 0.375. The van der Waals surface area contributed by atoms with E-state index in [-0.39, 0.29) is 6.61 Å². The summed E-state index contributed by atoms with van der Waals surface area (Å²) in [7, 11) is 0. The third-order valence-electron chi connectivity index (χ3n) is 1.67. The minimum absolute atomic E-state index is 0.299. The average Bonchev–Trinajstić information content (AvgIpc) is 2.53. The molecule has 4 N–H and O–H groups in total. The summed E-state index contributed by atoms with van der Waals surface area (Å²) < 4.78 is 0. The second kappa shape index (κ2) is 3.57. The van der Waals surface area contributed by atoms with Crippen molar-refractivity contribution in [2.45, 2.75) is 12.1 Å². The minimum atomic E-state index is -0.864. The van der Waals surface area contributed by atoms with Crippen LogP contribution in [-0.4, -0.2) is 22.9 Å². The summed E-state index contributed by atoms with van der Waals surface area (Å²) in [5.74, 6) is 0. The quantitative estimate of drug-likeness (QED) is 0.526. The van der Waals surface area contributed by atoms with Crippen LogP contribution in [0.25, 0.3) is 0 Å². The molecule has 0 aliphatic carbocycles. The van der Waals surface area contributed by atoms with Gasteiger partial charge in [0.25, 0.3) is 0 Å². The number of aliphatic hydroxyl groups is 2. The van der Waals surface area contributed by atoms with E-state index < -0.39 is 12.1 Å². The first-order chi connectivity index (χ1) is 5.25. The molecule has 0 aliphatic rings. The van der Waals surface area contributed by atoms with E-state index in [0.29, 0.717) is 0 Å². The van der Waals surface area contributed by atoms with Crippen LogP contribution in [0.5, 0.6) is 0 Å². The lowest BCUT2D eigenvalue weighted by Gasteiger charge is -2.18. The molecule has 0 amide bonds. The van der Waals surface area contributed by atoms with Gasteiger partial charge in [0, 0.05) is 6.04 Å². The Balaban J connectivity index is 2.62. The van der Waals surface area contributed by atoms with Crippen LogP contribution in [0.2, 0.25) is 0 Å². The second-order valence-corrected chi connectivity index (χ2v) is 2.49. The van der Waals surface area contributed by atoms with Crippen LogP contribution in [0.15, 0.2) is 24.3 Å². The summed E-state index contributed by atoms with van der Waals surface area (Å²) in [6, 6.07) is 6.86. The molecule has 2 atom stereocenters. The zero-order chi connectivity index (χ0) is 8.27. The monoisotopic (exact) mass is 154 g/mol. The number of nitrogens with two attached hydrogens (primary N) is 1. The summed E-state index contributed by atoms with van der Waals surface area (Å²) in [6.07, 6.45) is -0.864. The van der Waals surface area contributed by atoms with Crippen molar-refractivity contribution in [1.82, 2.24) is 0 Å². The molecule has 0 heterocycles. The zero-order valence-electron chi connectivity index (χ0n) is 6.14. The van der Waals surface area contributed by atoms with Gasteiger partial charge in [-0.25, -0.2) is 12.1 Å². The molecule has 2 unspecified atom stereocenters. The highest BCUT2D eigenvalue weighted by Gasteiger charge is 2.11. The predicted octanol–water partition coefficient (Wildman–Crippen LogP) is -0.242. The van der Waals surface area contributed by atoms with Gasteiger partial charge in [-0.05, 0) is 0 Å². The van der Waals surface area contributed by atoms with E-state index >= 15 is 0 Å². The summed E-state index contributed by atoms with van der Waals surface area (Å²) >= 11 is 0. The minimum Gasteiger partial charge on any atom is -0.394 e. The largest absolute Gasteiger partial charge is 0.394 e. The van der Waals surface area contributed by atoms with Crippen molar-refractivity contribution in [3.8, 4) is 0 Å². The van der Waals surface area contributed by atoms with Crippen molar-refractivity contribution in [3.63, 3.8) is 0 Å². The predicted molar refractivity (Wildman–Crippen MR) is 42.1 cm³/mol. The highest BCUT2D eigenvalue weighted by molar-refractivity contribution is 5.20. The number of hydrogen-bond acceptors (Lipinski definition) is 3. The number of aliphatic hydroxyl groups excluding tert-OH is 2. The van der Waals surface area contributed by atoms with Crippen LogP contribution in [0.3, 0.4) is 0 Å². The maximum Gasteiger partial charge on any atom is 0.0942 e. The maximum absolute atomic E-state index is 9.12. The van der Waals surface area contributed by atoms with Crippen LogP contribution >= 0.6 is 0 Å². The summed E-state index contributed by atoms with van der Waals surface area (Å²) in [6.45, 7) is -0.299. The molecule has 3 nitrogen and oxygen atoms in total. The van der Waals surface area contributed by atoms with Gasteiger partial charge in [0.15, 0.2) is 0 Å². The molecular weight excluding hydrogens is 142 g/mol. The Kier molecular flexibility index (Phi) is 2.70. The maximum atomic E-state index is 9.12. The Labute approximate surface area is 65.4 Å². The van der Waals surface area contributed by atoms with E-state index in [9.17, 15) is 0 Å². The molecule has 1 aromatic rings. The van der Waals surface area contributed by atoms with Crippen molar-refractivity contribution in [3.05, 3.63) is 29.8 Å². The molecule has 0 bridgehead atoms. The van der Waals surface area contributed by atoms with Crippen LogP contribution in [0.1, 0.15) is 11.6 Å². The Hall–Kier alpha value is -0.770. The standard InChI is InChI=1S/C8H12NO2/c9-8(7(11)5-10)6-3-1-2-4-6/h1-4,7-8,10-11H,5,9H2/q-1. The molecule has 0 saturated heterocycles. The average molecular weight is 154 g/mol. The molecule has 0 aromatic heterocycles. The van der Waals surface area contributed by atoms with Crippen LogP contribution < -0.4 is 5.73 Å². The highest BCUT2D eigenvalue weighted by Crippen LogP contribution is 2.13. The lowest BCUT2D eigenvalue weighted by atomic mass is 10.1. The number of hydrogen-bond donors (Lipinski definition) is 3. The van der Waals surface area contributed by atoms with Crippen LogP contribution in [0.4, 0.5) is 0 Å². The van der Waals surface area contributed by atoms with E-state index in [0.717, 1.165) is 5.56 Å². The van der Waals surface area contributed by atoms with E-state index in [1.807, 2.05) is 24.3 Å². The lowest BCUT2D eigenvalue weighted by molar-refractivity contribution is 0.0742. The summed E-state index contributed by atoms with van der Waals surface area (Å²) in [4.78, 5) is 0. The molecule has 3 heteroatoms. The van der Waals surface area contributed by atoms with Gasteiger partial charge in [-0.3, -0.25) is 0 Å². The normalized spacial score (nSPS) is 16.3. The first-order valence-electron chi connectivity index (χ1n) is 3.52. The Bertz CT molecular complexity index is 196. The summed E-state index contributed by atoms with van der Waals surface area (Å²) in [5.41, 5.74) is 6.44. The third kappa shape index (κ3) is 1.83. The molecule has 11 heavy (non-hydrogen) atoms. The molecule has 0 aliphatic heterocycles. The SMILES string of the molecule is NC(c1ccc[cH-]1)C(O)CO. The van der Waals surface area contributed by atoms with Crippen LogP contribution in [-0.2, 0) is 0 Å². The molecule has 0 fully saturated rings. The van der Waals surface area contributed by atoms with E-state index in [2.05, 4.69) is 0 Å². The Morgan fingerprint density at radius 2 is 2.36 bits per heavy atom. The van der Waals surface area contributed by atoms with Crippen molar-refractivity contribution in [2.75, 3.05) is 6.61 Å². The highest BCUT2D eigenvalue weighted by atomic mass is 16.3. The van der Waals surface area contributed by atoms with Crippen molar-refractivity contribution in [2.24, 2.45) is 5.73 Å². The Morgan fingerprint density at radius 3 is 2.82 bits per heavy atom. The van der Waals surface area contributed by atoms with Crippen molar-refractivity contribution >= 4 is 0 Å². The Morgan fingerprint density at radius 1 is 1.64 bits per heavy atom. The molecule has 1 aromatic carbocycles. The first kappa shape index (κ1) is 8.33. The van der Waals surface area contributed by atoms with Gasteiger partial charge in [0.05, 0.1) is 12.7 Å². The topological polar surface area (TPSA) is 66.5 Å². The molecule has 62 valence electrons. The van der Waals surface area contributed by atoms with E-state index in [1.165, 1.54) is 0 Å². The second-order valence-electron chi connectivity index (χ2n) is 2.49. The lowest BCUT2D eigenvalue weighted by Crippen LogP contribution is -2.28. The van der Waals surface area contributed by atoms with Gasteiger partial charge in [-0.1, -0.05) is 0 Å². The van der Waals surface area contributed by atoms with Crippen LogP contribution in [0, 0.1) is 0 Å². The van der Waals surface area contributed by atoms with Gasteiger partial charge >= 0.3 is 0 Å². The van der Waals surface area contributed by atoms with Crippen molar-refractivity contribution in [1.29, 1.82) is 0 Å². The van der Waals surface area contributed by atoms with Gasteiger partial charge < -0.3 is 15.9 Å². The molecule has 0 saturated carbocycles. The first-order valence-corrected chi connectivity index (χ1v) is 3.52. The van der Waals surface area contributed by atoms with E-state index in [4.69, 9.17) is 15.9 Å². The van der Waals surface area contributed by atoms with Gasteiger partial charge in [-0.15, -0.1) is 5.56 Å². The van der Waals surface area contributed by atoms with Gasteiger partial charge in [0.1, 0.15) is 0 Å². The van der Waals surface area contributed by atoms with E-state index in [1.54, 1.807) is 0 Å². The smallest absolute Gasteiger partial charge is 0.0942 e. The molecule has 0 radical (unpaired) electrons. The van der Waals surface area contributed by atoms with Gasteiger partial charge in [-0.2, -0.15) is 12.1 Å². The molecule has 0 spiro atoms. The van der Waals surface area contributed by atoms with Crippen molar-refractivity contribution < 1.29 is 10.2 Å². The molecular formula is C8H12NO2-. The molecule has 1 rings (SSSR count). The fourth-order valence-corrected chi connectivity index (χ4v) is 0.947. The van der Waals surface area contributed by atoms with Gasteiger partial charge in [0.2, 0.25) is 0 Å².